The molecule has 15 heteroatoms. The maximum Gasteiger partial charge on any atom is 0.339 e. The lowest BCUT2D eigenvalue weighted by Gasteiger charge is -2.21. The number of benzene rings is 2. The van der Waals surface area contributed by atoms with Crippen LogP contribution in [-0.4, -0.2) is 100 Å². The second-order valence-electron chi connectivity index (χ2n) is 9.60. The monoisotopic (exact) mass is 649 g/mol. The fourth-order valence-electron chi connectivity index (χ4n) is 4.16. The lowest BCUT2D eigenvalue weighted by molar-refractivity contribution is -0.117. The molecule has 228 valence electrons. The number of halogens is 1. The van der Waals surface area contributed by atoms with E-state index in [1.807, 2.05) is 14.7 Å². The van der Waals surface area contributed by atoms with Crippen LogP contribution in [-0.2, 0) is 29.2 Å². The highest BCUT2D eigenvalue weighted by Crippen LogP contribution is 2.34. The van der Waals surface area contributed by atoms with Crippen LogP contribution in [0.4, 0.5) is 0 Å². The molecule has 3 saturated heterocycles. The molecule has 12 nitrogen and oxygen atoms in total. The van der Waals surface area contributed by atoms with E-state index in [2.05, 4.69) is 9.47 Å². The van der Waals surface area contributed by atoms with Crippen LogP contribution in [0.5, 0.6) is 5.75 Å². The molecule has 0 amide bonds. The Balaban J connectivity index is 0.000000204. The average molecular weight is 650 g/mol. The van der Waals surface area contributed by atoms with Crippen molar-refractivity contribution in [2.45, 2.75) is 4.90 Å². The van der Waals surface area contributed by atoms with Gasteiger partial charge in [-0.05, 0) is 42.5 Å². The van der Waals surface area contributed by atoms with Crippen molar-refractivity contribution in [1.82, 2.24) is 14.7 Å². The highest BCUT2D eigenvalue weighted by atomic mass is 35.5. The standard InChI is InChI=1S/C16H13ClO7S.C12H13N3O2.H2S/c1-22-15(18)10-7-11(16(19)23-2)9-14(8-10)25(20,21)24-13-5-3-12(17)4-6-13;16-9-7-8(13-1-2-13)12(17)11(15-5-6-15)10(9)14-3-4-14;/h3-9H,1-2H3;7H,1-6H2;1H2. The number of rotatable bonds is 8. The van der Waals surface area contributed by atoms with Gasteiger partial charge in [0.15, 0.2) is 0 Å². The molecule has 0 N–H and O–H groups in total. The SMILES string of the molecule is COC(=O)c1cc(C(=O)OC)cc(S(=O)(=O)Oc2ccc(Cl)cc2)c1.O=C1C=C(N2CC2)C(=O)C(N2CC2)=C1N1CC1.S. The van der Waals surface area contributed by atoms with Gasteiger partial charge in [0.25, 0.3) is 0 Å². The van der Waals surface area contributed by atoms with Crippen LogP contribution in [0.15, 0.2) is 70.5 Å². The first-order valence-electron chi connectivity index (χ1n) is 12.8. The maximum absolute atomic E-state index is 12.5. The Morgan fingerprint density at radius 1 is 0.767 bits per heavy atom. The summed E-state index contributed by atoms with van der Waals surface area (Å²) < 4.78 is 39.0. The van der Waals surface area contributed by atoms with E-state index in [-0.39, 0.29) is 41.9 Å². The molecule has 0 atom stereocenters. The number of Topliss-reactive ketones (excluding diaryl/α,β-unsaturated/α-hetero) is 1. The third-order valence-electron chi connectivity index (χ3n) is 6.54. The molecule has 1 aliphatic carbocycles. The van der Waals surface area contributed by atoms with E-state index in [0.717, 1.165) is 65.6 Å². The Morgan fingerprint density at radius 2 is 1.26 bits per heavy atom. The lowest BCUT2D eigenvalue weighted by atomic mass is 10.0. The van der Waals surface area contributed by atoms with Crippen LogP contribution in [0.1, 0.15) is 20.7 Å². The number of methoxy groups -OCH3 is 2. The van der Waals surface area contributed by atoms with E-state index in [4.69, 9.17) is 15.8 Å². The Morgan fingerprint density at radius 3 is 1.72 bits per heavy atom. The molecular formula is C28H28ClN3O9S2. The minimum Gasteiger partial charge on any atom is -0.465 e. The van der Waals surface area contributed by atoms with Gasteiger partial charge in [-0.1, -0.05) is 11.6 Å². The second-order valence-corrected chi connectivity index (χ2v) is 11.6. The molecule has 0 saturated carbocycles. The number of esters is 2. The molecule has 43 heavy (non-hydrogen) atoms. The van der Waals surface area contributed by atoms with Gasteiger partial charge in [0.1, 0.15) is 22.0 Å². The number of hydrogen-bond acceptors (Lipinski definition) is 12. The predicted octanol–water partition coefficient (Wildman–Crippen LogP) is 1.97. The van der Waals surface area contributed by atoms with Gasteiger partial charge in [0.05, 0.1) is 31.0 Å². The van der Waals surface area contributed by atoms with Gasteiger partial charge >= 0.3 is 22.1 Å². The van der Waals surface area contributed by atoms with Gasteiger partial charge in [-0.2, -0.15) is 21.9 Å². The third kappa shape index (κ3) is 7.32. The molecule has 0 radical (unpaired) electrons. The van der Waals surface area contributed by atoms with Crippen LogP contribution in [0.25, 0.3) is 0 Å². The van der Waals surface area contributed by atoms with Gasteiger partial charge in [0.2, 0.25) is 11.6 Å². The van der Waals surface area contributed by atoms with E-state index >= 15 is 0 Å². The summed E-state index contributed by atoms with van der Waals surface area (Å²) in [6.45, 7) is 5.41. The number of ether oxygens (including phenoxy) is 2. The maximum atomic E-state index is 12.5. The molecule has 0 aromatic heterocycles. The summed E-state index contributed by atoms with van der Waals surface area (Å²) in [4.78, 5) is 53.5. The van der Waals surface area contributed by atoms with Crippen LogP contribution in [0, 0.1) is 0 Å². The van der Waals surface area contributed by atoms with E-state index < -0.39 is 27.0 Å². The first-order chi connectivity index (χ1) is 20.0. The van der Waals surface area contributed by atoms with Crippen molar-refractivity contribution in [2.75, 3.05) is 53.5 Å². The molecule has 3 heterocycles. The van der Waals surface area contributed by atoms with Crippen LogP contribution < -0.4 is 4.18 Å². The highest BCUT2D eigenvalue weighted by Gasteiger charge is 2.43. The summed E-state index contributed by atoms with van der Waals surface area (Å²) in [5.74, 6) is -1.55. The van der Waals surface area contributed by atoms with Gasteiger partial charge < -0.3 is 28.4 Å². The van der Waals surface area contributed by atoms with Gasteiger partial charge in [-0.25, -0.2) is 9.59 Å². The Kier molecular flexibility index (Phi) is 9.42. The molecule has 2 aromatic rings. The smallest absolute Gasteiger partial charge is 0.339 e. The van der Waals surface area contributed by atoms with E-state index in [9.17, 15) is 27.6 Å². The minimum atomic E-state index is -4.31. The molecule has 0 spiro atoms. The third-order valence-corrected chi connectivity index (χ3v) is 8.02. The molecular weight excluding hydrogens is 622 g/mol. The summed E-state index contributed by atoms with van der Waals surface area (Å²) in [7, 11) is -2.05. The summed E-state index contributed by atoms with van der Waals surface area (Å²) in [5.41, 5.74) is 1.62. The molecule has 2 aromatic carbocycles. The minimum absolute atomic E-state index is 0. The number of hydrogen-bond donors (Lipinski definition) is 0. The molecule has 0 unspecified atom stereocenters. The fraction of sp³-hybridized carbons (Fsp3) is 0.286. The van der Waals surface area contributed by atoms with Crippen molar-refractivity contribution < 1.29 is 41.3 Å². The summed E-state index contributed by atoms with van der Waals surface area (Å²) in [5, 5.41) is 0.408. The van der Waals surface area contributed by atoms with Crippen molar-refractivity contribution in [3.8, 4) is 5.75 Å². The summed E-state index contributed by atoms with van der Waals surface area (Å²) in [6.07, 6.45) is 1.52. The summed E-state index contributed by atoms with van der Waals surface area (Å²) >= 11 is 5.74. The van der Waals surface area contributed by atoms with Crippen molar-refractivity contribution in [3.05, 3.63) is 81.8 Å². The second kappa shape index (κ2) is 12.7. The Hall–Kier alpha value is -4.01. The number of carbonyl (C=O) groups excluding carboxylic acids is 4. The number of ketones is 2. The zero-order valence-electron chi connectivity index (χ0n) is 23.2. The van der Waals surface area contributed by atoms with Crippen molar-refractivity contribution in [1.29, 1.82) is 0 Å². The van der Waals surface area contributed by atoms with Crippen LogP contribution >= 0.6 is 25.1 Å². The molecule has 3 aliphatic heterocycles. The van der Waals surface area contributed by atoms with Gasteiger partial charge in [-0.3, -0.25) is 9.59 Å². The van der Waals surface area contributed by atoms with Crippen molar-refractivity contribution in [3.63, 3.8) is 0 Å². The highest BCUT2D eigenvalue weighted by molar-refractivity contribution is 7.87. The fourth-order valence-corrected chi connectivity index (χ4v) is 5.28. The number of nitrogens with zero attached hydrogens (tertiary/aromatic N) is 3. The number of carbonyl (C=O) groups is 4. The Bertz CT molecular complexity index is 1610. The first kappa shape index (κ1) is 31.9. The van der Waals surface area contributed by atoms with E-state index in [0.29, 0.717) is 22.1 Å². The van der Waals surface area contributed by atoms with Crippen LogP contribution in [0.3, 0.4) is 0 Å². The Labute approximate surface area is 260 Å². The number of allylic oxidation sites excluding steroid dienone is 1. The normalized spacial score (nSPS) is 16.8. The molecule has 0 bridgehead atoms. The van der Waals surface area contributed by atoms with Gasteiger partial charge in [0, 0.05) is 50.4 Å². The predicted molar refractivity (Wildman–Crippen MR) is 159 cm³/mol. The quantitative estimate of drug-likeness (QED) is 0.179. The van der Waals surface area contributed by atoms with Crippen molar-refractivity contribution in [2.24, 2.45) is 0 Å². The zero-order chi connectivity index (χ0) is 30.2. The topological polar surface area (TPSA) is 139 Å². The van der Waals surface area contributed by atoms with Crippen molar-refractivity contribution >= 4 is 58.7 Å². The summed E-state index contributed by atoms with van der Waals surface area (Å²) in [6, 6.07) is 8.90. The molecule has 3 fully saturated rings. The van der Waals surface area contributed by atoms with E-state index in [1.54, 1.807) is 0 Å². The van der Waals surface area contributed by atoms with E-state index in [1.165, 1.54) is 36.4 Å². The van der Waals surface area contributed by atoms with Gasteiger partial charge in [-0.15, -0.1) is 0 Å². The first-order valence-corrected chi connectivity index (χ1v) is 14.6. The van der Waals surface area contributed by atoms with Crippen LogP contribution in [0.2, 0.25) is 5.02 Å². The molecule has 4 aliphatic rings. The zero-order valence-corrected chi connectivity index (χ0v) is 25.7. The lowest BCUT2D eigenvalue weighted by Crippen LogP contribution is -2.29. The average Bonchev–Trinajstić information content (AvgIpc) is 3.82. The molecule has 6 rings (SSSR count). The largest absolute Gasteiger partial charge is 0.465 e.